The Kier molecular flexibility index (Phi) is 8.50. The highest BCUT2D eigenvalue weighted by Crippen LogP contribution is 2.60. The van der Waals surface area contributed by atoms with Crippen LogP contribution in [0.2, 0.25) is 0 Å². The van der Waals surface area contributed by atoms with E-state index in [-0.39, 0.29) is 101 Å². The number of aliphatic hydroxyl groups excluding tert-OH is 1. The number of carboxylic acids is 1. The Balaban J connectivity index is 0.000000112. The number of hydrogen-bond donors (Lipinski definition) is 3. The molecule has 0 aromatic carbocycles. The van der Waals surface area contributed by atoms with Crippen molar-refractivity contribution >= 4 is 58.8 Å². The molecule has 11 rings (SSSR count). The van der Waals surface area contributed by atoms with E-state index < -0.39 is 17.8 Å². The number of cyclic esters (lactones) is 2. The lowest BCUT2D eigenvalue weighted by atomic mass is 9.82. The maximum Gasteiger partial charge on any atom is 0.318 e. The largest absolute Gasteiger partial charge is 0.481 e. The van der Waals surface area contributed by atoms with E-state index in [9.17, 15) is 39.0 Å². The normalized spacial score (nSPS) is 49.6. The predicted octanol–water partition coefficient (Wildman–Crippen LogP) is 3.10. The average molecular weight is 719 g/mol. The van der Waals surface area contributed by atoms with Gasteiger partial charge in [0.25, 0.3) is 0 Å². The summed E-state index contributed by atoms with van der Waals surface area (Å²) in [4.78, 5) is 69.9. The minimum atomic E-state index is -0.896. The molecule has 2 heterocycles. The van der Waals surface area contributed by atoms with E-state index in [2.05, 4.69) is 10.1 Å². The molecule has 49 heavy (non-hydrogen) atoms. The predicted molar refractivity (Wildman–Crippen MR) is 171 cm³/mol. The van der Waals surface area contributed by atoms with E-state index in [4.69, 9.17) is 27.9 Å². The van der Waals surface area contributed by atoms with Gasteiger partial charge in [0, 0.05) is 24.2 Å². The number of amides is 1. The number of rotatable bonds is 3. The van der Waals surface area contributed by atoms with Crippen molar-refractivity contribution in [1.29, 1.82) is 0 Å². The molecule has 3 N–H and O–H groups in total. The maximum atomic E-state index is 12.7. The average Bonchev–Trinajstić information content (AvgIpc) is 3.91. The number of esters is 3. The van der Waals surface area contributed by atoms with E-state index in [1.54, 1.807) is 0 Å². The summed E-state index contributed by atoms with van der Waals surface area (Å²) in [5.74, 6) is -0.0670. The Hall–Kier alpha value is -2.76. The van der Waals surface area contributed by atoms with Crippen LogP contribution in [0.1, 0.15) is 44.9 Å². The standard InChI is InChI=1S/C18H20O5.C9H8O3.C8H11NO2.CH2Cl2/c19-13-6-12-10-4-9(5-11(10)13)16(12)23-18(22)15-8-2-1-7(3-8)14(15)17(20)21;10-8-6-4-1-2-5(3-4)7(6)9(11)12-8;10-7-3-1-4-5(2-3)8(11)9-6(4)7;2-1-3/h1-2,7-12,14-16H,3-6H2,(H,20,21);1-2,4-7H,3H2;3-7,10H,1-2H2,(H,9,11);1H2. The molecule has 18 atom stereocenters. The molecular formula is C36H41Cl2NO10. The number of carboxylic acid groups (broad SMARTS) is 1. The second kappa shape index (κ2) is 12.5. The summed E-state index contributed by atoms with van der Waals surface area (Å²) in [5, 5.41) is 22.1. The number of Topliss-reactive ketones (excluding diaryl/α,β-unsaturated/α-hetero) is 1. The van der Waals surface area contributed by atoms with Crippen LogP contribution in [0, 0.1) is 88.8 Å². The van der Waals surface area contributed by atoms with Gasteiger partial charge in [-0.15, -0.1) is 23.2 Å². The van der Waals surface area contributed by atoms with Crippen molar-refractivity contribution in [2.75, 3.05) is 5.34 Å². The van der Waals surface area contributed by atoms with Crippen molar-refractivity contribution in [2.24, 2.45) is 88.8 Å². The fourth-order valence-electron chi connectivity index (χ4n) is 12.1. The number of nitrogens with one attached hydrogen (secondary N) is 1. The highest BCUT2D eigenvalue weighted by Gasteiger charge is 2.63. The van der Waals surface area contributed by atoms with Gasteiger partial charge in [-0.25, -0.2) is 0 Å². The van der Waals surface area contributed by atoms with Crippen molar-refractivity contribution in [2.45, 2.75) is 63.2 Å². The fourth-order valence-corrected chi connectivity index (χ4v) is 12.1. The number of ketones is 1. The zero-order chi connectivity index (χ0) is 34.5. The first kappa shape index (κ1) is 33.4. The van der Waals surface area contributed by atoms with Crippen LogP contribution in [0.4, 0.5) is 0 Å². The summed E-state index contributed by atoms with van der Waals surface area (Å²) >= 11 is 9.53. The smallest absolute Gasteiger partial charge is 0.318 e. The molecule has 2 saturated heterocycles. The Morgan fingerprint density at radius 2 is 1.35 bits per heavy atom. The van der Waals surface area contributed by atoms with Gasteiger partial charge in [0.1, 0.15) is 11.9 Å². The van der Waals surface area contributed by atoms with Gasteiger partial charge in [0.05, 0.1) is 41.2 Å². The maximum absolute atomic E-state index is 12.7. The lowest BCUT2D eigenvalue weighted by Gasteiger charge is -2.30. The van der Waals surface area contributed by atoms with E-state index in [1.807, 2.05) is 24.3 Å². The molecule has 1 amide bonds. The van der Waals surface area contributed by atoms with Gasteiger partial charge >= 0.3 is 23.9 Å². The van der Waals surface area contributed by atoms with E-state index in [0.717, 1.165) is 38.5 Å². The molecular weight excluding hydrogens is 677 g/mol. The van der Waals surface area contributed by atoms with Gasteiger partial charge in [0.15, 0.2) is 0 Å². The van der Waals surface area contributed by atoms with Gasteiger partial charge in [-0.2, -0.15) is 0 Å². The first-order valence-electron chi connectivity index (χ1n) is 17.7. The summed E-state index contributed by atoms with van der Waals surface area (Å²) in [6, 6.07) is 0.103. The molecule has 0 aromatic rings. The first-order valence-corrected chi connectivity index (χ1v) is 18.8. The zero-order valence-corrected chi connectivity index (χ0v) is 28.3. The van der Waals surface area contributed by atoms with Crippen LogP contribution in [0.25, 0.3) is 0 Å². The number of carbonyl (C=O) groups is 6. The number of alkyl halides is 2. The molecule has 0 aromatic heterocycles. The lowest BCUT2D eigenvalue weighted by Crippen LogP contribution is -2.39. The molecule has 0 spiro atoms. The van der Waals surface area contributed by atoms with Gasteiger partial charge in [-0.3, -0.25) is 28.8 Å². The van der Waals surface area contributed by atoms with Gasteiger partial charge in [0.2, 0.25) is 5.91 Å². The topological polar surface area (TPSA) is 173 Å². The van der Waals surface area contributed by atoms with Crippen molar-refractivity contribution < 1.29 is 48.5 Å². The second-order valence-electron chi connectivity index (χ2n) is 15.9. The summed E-state index contributed by atoms with van der Waals surface area (Å²) in [5.41, 5.74) is 0. The quantitative estimate of drug-likeness (QED) is 0.170. The van der Waals surface area contributed by atoms with Gasteiger partial charge < -0.3 is 25.0 Å². The minimum absolute atomic E-state index is 0.00477. The number of carbonyl (C=O) groups excluding carboxylic acids is 5. The molecule has 11 aliphatic rings. The van der Waals surface area contributed by atoms with Crippen LogP contribution in [0.15, 0.2) is 24.3 Å². The Bertz CT molecular complexity index is 1500. The molecule has 2 aliphatic heterocycles. The zero-order valence-electron chi connectivity index (χ0n) is 26.8. The summed E-state index contributed by atoms with van der Waals surface area (Å²) in [6.07, 6.45) is 13.7. The van der Waals surface area contributed by atoms with Gasteiger partial charge in [-0.05, 0) is 85.9 Å². The third-order valence-electron chi connectivity index (χ3n) is 14.0. The summed E-state index contributed by atoms with van der Waals surface area (Å²) < 4.78 is 10.4. The lowest BCUT2D eigenvalue weighted by molar-refractivity contribution is -0.166. The fraction of sp³-hybridized carbons (Fsp3) is 0.722. The Morgan fingerprint density at radius 1 is 0.776 bits per heavy atom. The number of ether oxygens (including phenoxy) is 2. The number of halogens is 2. The summed E-state index contributed by atoms with van der Waals surface area (Å²) in [6.45, 7) is 0. The third-order valence-corrected chi connectivity index (χ3v) is 14.0. The van der Waals surface area contributed by atoms with Crippen LogP contribution in [-0.2, 0) is 38.2 Å². The number of allylic oxidation sites excluding steroid dienone is 4. The van der Waals surface area contributed by atoms with Crippen LogP contribution in [0.3, 0.4) is 0 Å². The van der Waals surface area contributed by atoms with Crippen molar-refractivity contribution in [3.8, 4) is 0 Å². The van der Waals surface area contributed by atoms with E-state index in [1.165, 1.54) is 0 Å². The van der Waals surface area contributed by atoms with Crippen LogP contribution >= 0.6 is 23.2 Å². The highest BCUT2D eigenvalue weighted by molar-refractivity contribution is 6.40. The number of aliphatic carboxylic acids is 1. The molecule has 264 valence electrons. The first-order chi connectivity index (χ1) is 23.5. The van der Waals surface area contributed by atoms with Crippen LogP contribution < -0.4 is 5.32 Å². The van der Waals surface area contributed by atoms with Crippen LogP contribution in [0.5, 0.6) is 0 Å². The SMILES string of the molecule is ClCCl.O=C1CC2C3CC(CC13)C2OC(=O)C1C2C=CC(C2)C1C(=O)O.O=C1NC2C(O)C3CC1C2C3.O=C1OC(=O)C2C3C=CC(C3)C12. The number of fused-ring (bicyclic) bond motifs is 9. The van der Waals surface area contributed by atoms with Gasteiger partial charge in [-0.1, -0.05) is 24.3 Å². The van der Waals surface area contributed by atoms with Crippen molar-refractivity contribution in [1.82, 2.24) is 5.32 Å². The minimum Gasteiger partial charge on any atom is -0.481 e. The van der Waals surface area contributed by atoms with Crippen molar-refractivity contribution in [3.63, 3.8) is 0 Å². The molecule has 18 unspecified atom stereocenters. The molecule has 8 bridgehead atoms. The molecule has 9 fully saturated rings. The Morgan fingerprint density at radius 3 is 1.96 bits per heavy atom. The number of hydrogen-bond acceptors (Lipinski definition) is 9. The third kappa shape index (κ3) is 5.22. The number of aliphatic hydroxyl groups is 1. The van der Waals surface area contributed by atoms with E-state index >= 15 is 0 Å². The Labute approximate surface area is 293 Å². The highest BCUT2D eigenvalue weighted by atomic mass is 35.5. The van der Waals surface area contributed by atoms with E-state index in [0.29, 0.717) is 35.9 Å². The summed E-state index contributed by atoms with van der Waals surface area (Å²) in [7, 11) is 0. The monoisotopic (exact) mass is 717 g/mol. The molecule has 0 radical (unpaired) electrons. The van der Waals surface area contributed by atoms with Crippen molar-refractivity contribution in [3.05, 3.63) is 24.3 Å². The van der Waals surface area contributed by atoms with Crippen LogP contribution in [-0.4, -0.2) is 69.4 Å². The molecule has 9 aliphatic carbocycles. The second-order valence-corrected chi connectivity index (χ2v) is 16.8. The molecule has 13 heteroatoms. The molecule has 11 nitrogen and oxygen atoms in total. The molecule has 7 saturated carbocycles.